The van der Waals surface area contributed by atoms with E-state index >= 15 is 0 Å². The first-order chi connectivity index (χ1) is 34.2. The maximum Gasteiger partial charge on any atom is 0.306 e. The standard InChI is InChI=1S/C54H60Cl4N6O6S/c1-3-59-23-27-63(28-24-59)47(65)13-11-41-43(37-7-5-9-39(31-37)61-19-15-35(16-20-61)53(67)68)33-45(51(57)49(41)55)71-46-34-44(38-8-6-10-40(32-38)62-21-17-36(18-22-62)54(69)70)42(50(56)52(46)58)12-14-48(66)64-29-25-60(4-2)26-30-64/h5-14,31-36H,3-4,15-30H2,1-2H3,(H,67,68)(H,69,70). The Morgan fingerprint density at radius 3 is 1.24 bits per heavy atom. The normalized spacial score (nSPS) is 18.0. The number of carboxylic acids is 2. The van der Waals surface area contributed by atoms with Crippen molar-refractivity contribution < 1.29 is 29.4 Å². The van der Waals surface area contributed by atoms with Gasteiger partial charge in [0.2, 0.25) is 11.8 Å². The zero-order chi connectivity index (χ0) is 50.3. The van der Waals surface area contributed by atoms with Crippen LogP contribution in [0.4, 0.5) is 11.4 Å². The molecular weight excluding hydrogens is 1000 g/mol. The highest BCUT2D eigenvalue weighted by Crippen LogP contribution is 2.49. The predicted octanol–water partition coefficient (Wildman–Crippen LogP) is 10.7. The molecule has 0 atom stereocenters. The van der Waals surface area contributed by atoms with Crippen LogP contribution in [0.5, 0.6) is 0 Å². The van der Waals surface area contributed by atoms with Crippen LogP contribution >= 0.6 is 58.2 Å². The molecule has 4 aliphatic rings. The highest BCUT2D eigenvalue weighted by molar-refractivity contribution is 7.99. The molecule has 4 fully saturated rings. The van der Waals surface area contributed by atoms with E-state index in [-0.39, 0.29) is 43.7 Å². The Balaban J connectivity index is 1.18. The smallest absolute Gasteiger partial charge is 0.306 e. The van der Waals surface area contributed by atoms with Gasteiger partial charge in [-0.15, -0.1) is 0 Å². The Bertz CT molecular complexity index is 2510. The third kappa shape index (κ3) is 12.4. The van der Waals surface area contributed by atoms with Crippen LogP contribution in [0.2, 0.25) is 20.1 Å². The van der Waals surface area contributed by atoms with Crippen molar-refractivity contribution in [3.05, 3.63) is 104 Å². The molecule has 0 saturated carbocycles. The summed E-state index contributed by atoms with van der Waals surface area (Å²) in [5, 5.41) is 20.3. The molecule has 0 aliphatic carbocycles. The van der Waals surface area contributed by atoms with Gasteiger partial charge in [-0.3, -0.25) is 19.2 Å². The lowest BCUT2D eigenvalue weighted by molar-refractivity contribution is -0.143. The number of carboxylic acid groups (broad SMARTS) is 2. The maximum absolute atomic E-state index is 13.6. The number of hydrogen-bond donors (Lipinski definition) is 2. The first-order valence-corrected chi connectivity index (χ1v) is 26.8. The molecule has 12 nitrogen and oxygen atoms in total. The zero-order valence-electron chi connectivity index (χ0n) is 40.1. The minimum absolute atomic E-state index is 0.120. The number of anilines is 2. The van der Waals surface area contributed by atoms with Crippen molar-refractivity contribution in [2.24, 2.45) is 11.8 Å². The van der Waals surface area contributed by atoms with E-state index in [0.29, 0.717) is 99.0 Å². The number of nitrogens with zero attached hydrogens (tertiary/aromatic N) is 6. The van der Waals surface area contributed by atoms with Gasteiger partial charge in [0.15, 0.2) is 0 Å². The van der Waals surface area contributed by atoms with E-state index in [0.717, 1.165) is 72.9 Å². The first kappa shape index (κ1) is 52.6. The molecular formula is C54H60Cl4N6O6S. The molecule has 4 saturated heterocycles. The highest BCUT2D eigenvalue weighted by atomic mass is 35.5. The van der Waals surface area contributed by atoms with Gasteiger partial charge < -0.3 is 39.6 Å². The number of hydrogen-bond acceptors (Lipinski definition) is 9. The molecule has 4 aromatic rings. The lowest BCUT2D eigenvalue weighted by Gasteiger charge is -2.33. The van der Waals surface area contributed by atoms with Gasteiger partial charge >= 0.3 is 11.9 Å². The van der Waals surface area contributed by atoms with Crippen LogP contribution in [0.1, 0.15) is 50.7 Å². The van der Waals surface area contributed by atoms with Gasteiger partial charge in [-0.1, -0.05) is 96.3 Å². The lowest BCUT2D eigenvalue weighted by Crippen LogP contribution is -2.48. The van der Waals surface area contributed by atoms with Crippen molar-refractivity contribution in [3.63, 3.8) is 0 Å². The summed E-state index contributed by atoms with van der Waals surface area (Å²) in [5.41, 5.74) is 6.10. The molecule has 4 heterocycles. The van der Waals surface area contributed by atoms with Crippen LogP contribution in [0.3, 0.4) is 0 Å². The van der Waals surface area contributed by atoms with E-state index in [1.165, 1.54) is 11.8 Å². The fourth-order valence-electron chi connectivity index (χ4n) is 9.90. The molecule has 2 amide bonds. The van der Waals surface area contributed by atoms with Crippen LogP contribution < -0.4 is 9.80 Å². The zero-order valence-corrected chi connectivity index (χ0v) is 43.9. The van der Waals surface area contributed by atoms with E-state index in [1.807, 2.05) is 58.3 Å². The monoisotopic (exact) mass is 1060 g/mol. The van der Waals surface area contributed by atoms with Gasteiger partial charge in [-0.25, -0.2) is 0 Å². The fourth-order valence-corrected chi connectivity index (χ4v) is 12.1. The number of likely N-dealkylation sites (N-methyl/N-ethyl adjacent to an activating group) is 2. The molecule has 0 spiro atoms. The molecule has 0 bridgehead atoms. The largest absolute Gasteiger partial charge is 0.481 e. The Morgan fingerprint density at radius 2 is 0.901 bits per heavy atom. The number of rotatable bonds is 14. The van der Waals surface area contributed by atoms with Crippen molar-refractivity contribution in [2.75, 3.05) is 101 Å². The van der Waals surface area contributed by atoms with Crippen LogP contribution in [0.25, 0.3) is 34.4 Å². The van der Waals surface area contributed by atoms with Crippen molar-refractivity contribution >= 4 is 105 Å². The van der Waals surface area contributed by atoms with Crippen LogP contribution in [0.15, 0.2) is 82.6 Å². The number of piperidine rings is 2. The molecule has 4 aromatic carbocycles. The second-order valence-electron chi connectivity index (χ2n) is 18.5. The summed E-state index contributed by atoms with van der Waals surface area (Å²) in [7, 11) is 0. The number of halogens is 4. The Kier molecular flexibility index (Phi) is 17.7. The third-order valence-electron chi connectivity index (χ3n) is 14.4. The van der Waals surface area contributed by atoms with Crippen molar-refractivity contribution in [3.8, 4) is 22.3 Å². The number of aliphatic carboxylic acids is 2. The van der Waals surface area contributed by atoms with Crippen molar-refractivity contribution in [1.82, 2.24) is 19.6 Å². The molecule has 71 heavy (non-hydrogen) atoms. The van der Waals surface area contributed by atoms with Crippen LogP contribution in [0, 0.1) is 11.8 Å². The van der Waals surface area contributed by atoms with Gasteiger partial charge in [0.05, 0.1) is 31.9 Å². The van der Waals surface area contributed by atoms with Crippen LogP contribution in [-0.4, -0.2) is 145 Å². The minimum atomic E-state index is -0.771. The summed E-state index contributed by atoms with van der Waals surface area (Å²) >= 11 is 30.5. The quantitative estimate of drug-likeness (QED) is 0.117. The average Bonchev–Trinajstić information content (AvgIpc) is 3.40. The molecule has 0 aromatic heterocycles. The number of carbonyl (C=O) groups is 4. The van der Waals surface area contributed by atoms with E-state index in [9.17, 15) is 29.4 Å². The number of carbonyl (C=O) groups excluding carboxylic acids is 2. The summed E-state index contributed by atoms with van der Waals surface area (Å²) < 4.78 is 0. The first-order valence-electron chi connectivity index (χ1n) is 24.5. The summed E-state index contributed by atoms with van der Waals surface area (Å²) in [6.07, 6.45) is 8.75. The SMILES string of the molecule is CCN1CCN(C(=O)C=Cc2c(-c3cccc(N4CCC(C(=O)O)CC4)c3)cc(Sc3cc(-c4cccc(N5CCC(C(=O)O)CC5)c4)c(C=CC(=O)N4CCN(CC)CC4)c(Cl)c3Cl)c(Cl)c2Cl)CC1. The Labute approximate surface area is 440 Å². The number of piperazine rings is 2. The highest BCUT2D eigenvalue weighted by Gasteiger charge is 2.28. The molecule has 0 unspecified atom stereocenters. The molecule has 376 valence electrons. The van der Waals surface area contributed by atoms with E-state index in [1.54, 1.807) is 24.3 Å². The van der Waals surface area contributed by atoms with E-state index in [2.05, 4.69) is 45.6 Å². The maximum atomic E-state index is 13.6. The van der Waals surface area contributed by atoms with Gasteiger partial charge in [0.1, 0.15) is 0 Å². The fraction of sp³-hybridized carbons (Fsp3) is 0.407. The second kappa shape index (κ2) is 23.9. The molecule has 0 radical (unpaired) electrons. The molecule has 4 aliphatic heterocycles. The Hall–Kier alpha value is -4.73. The summed E-state index contributed by atoms with van der Waals surface area (Å²) in [4.78, 5) is 64.7. The van der Waals surface area contributed by atoms with Gasteiger partial charge in [-0.05, 0) is 110 Å². The number of amides is 2. The molecule has 8 rings (SSSR count). The average molecular weight is 1060 g/mol. The molecule has 2 N–H and O–H groups in total. The summed E-state index contributed by atoms with van der Waals surface area (Å²) in [6.45, 7) is 14.2. The van der Waals surface area contributed by atoms with Gasteiger partial charge in [0.25, 0.3) is 0 Å². The predicted molar refractivity (Wildman–Crippen MR) is 289 cm³/mol. The summed E-state index contributed by atoms with van der Waals surface area (Å²) in [5.74, 6) is -2.54. The summed E-state index contributed by atoms with van der Waals surface area (Å²) in [6, 6.07) is 19.9. The minimum Gasteiger partial charge on any atom is -0.481 e. The topological polar surface area (TPSA) is 128 Å². The van der Waals surface area contributed by atoms with E-state index < -0.39 is 11.9 Å². The van der Waals surface area contributed by atoms with Crippen molar-refractivity contribution in [1.29, 1.82) is 0 Å². The van der Waals surface area contributed by atoms with Crippen LogP contribution in [-0.2, 0) is 19.2 Å². The van der Waals surface area contributed by atoms with Crippen molar-refractivity contribution in [2.45, 2.75) is 49.3 Å². The molecule has 17 heteroatoms. The van der Waals surface area contributed by atoms with E-state index in [4.69, 9.17) is 46.4 Å². The second-order valence-corrected chi connectivity index (χ2v) is 21.1. The number of benzene rings is 4. The lowest BCUT2D eigenvalue weighted by atomic mass is 9.95. The Morgan fingerprint density at radius 1 is 0.535 bits per heavy atom. The van der Waals surface area contributed by atoms with Gasteiger partial charge in [-0.2, -0.15) is 0 Å². The third-order valence-corrected chi connectivity index (χ3v) is 17.5. The van der Waals surface area contributed by atoms with Gasteiger partial charge in [0, 0.05) is 123 Å².